The number of H-pyrrole nitrogens is 1. The Hall–Kier alpha value is -1.56. The molecule has 0 spiro atoms. The summed E-state index contributed by atoms with van der Waals surface area (Å²) in [5.74, 6) is 0. The Labute approximate surface area is 93.3 Å². The van der Waals surface area contributed by atoms with Gasteiger partial charge in [-0.2, -0.15) is 13.2 Å². The first-order valence-corrected chi connectivity index (χ1v) is 4.58. The summed E-state index contributed by atoms with van der Waals surface area (Å²) in [7, 11) is 0. The average Bonchev–Trinajstić information content (AvgIpc) is 2.69. The summed E-state index contributed by atoms with van der Waals surface area (Å²) in [6.07, 6.45) is -1.01. The molecule has 84 valence electrons. The molecular formula is C9H5ClF3N3. The van der Waals surface area contributed by atoms with E-state index in [0.29, 0.717) is 11.9 Å². The van der Waals surface area contributed by atoms with Gasteiger partial charge in [-0.05, 0) is 6.07 Å². The summed E-state index contributed by atoms with van der Waals surface area (Å²) < 4.78 is 37.3. The molecule has 0 aliphatic heterocycles. The van der Waals surface area contributed by atoms with Crippen molar-refractivity contribution in [3.8, 4) is 11.3 Å². The predicted octanol–water partition coefficient (Wildman–Crippen LogP) is 3.14. The number of hydrogen-bond donors (Lipinski definition) is 1. The highest BCUT2D eigenvalue weighted by atomic mass is 35.5. The molecule has 3 nitrogen and oxygen atoms in total. The molecule has 0 amide bonds. The number of pyridine rings is 1. The van der Waals surface area contributed by atoms with Gasteiger partial charge in [-0.15, -0.1) is 0 Å². The van der Waals surface area contributed by atoms with Crippen LogP contribution in [0, 0.1) is 0 Å². The summed E-state index contributed by atoms with van der Waals surface area (Å²) >= 11 is 5.71. The van der Waals surface area contributed by atoms with Gasteiger partial charge in [0, 0.05) is 11.8 Å². The number of alkyl halides is 3. The number of nitrogens with one attached hydrogen (secondary N) is 1. The van der Waals surface area contributed by atoms with Crippen LogP contribution in [0.1, 0.15) is 5.56 Å². The molecule has 2 aromatic heterocycles. The minimum atomic E-state index is -4.44. The van der Waals surface area contributed by atoms with Gasteiger partial charge < -0.3 is 4.98 Å². The largest absolute Gasteiger partial charge is 0.417 e. The van der Waals surface area contributed by atoms with Crippen molar-refractivity contribution in [3.63, 3.8) is 0 Å². The van der Waals surface area contributed by atoms with E-state index in [4.69, 9.17) is 11.6 Å². The molecule has 2 heterocycles. The number of nitrogens with zero attached hydrogens (tertiary/aromatic N) is 2. The van der Waals surface area contributed by atoms with Crippen LogP contribution in [0.4, 0.5) is 13.2 Å². The molecule has 2 rings (SSSR count). The average molecular weight is 248 g/mol. The van der Waals surface area contributed by atoms with E-state index in [1.807, 2.05) is 0 Å². The summed E-state index contributed by atoms with van der Waals surface area (Å²) in [5, 5.41) is -0.00255. The molecule has 7 heteroatoms. The molecule has 0 atom stereocenters. The SMILES string of the molecule is FC(F)(F)c1cnc(Cl)c(-c2cnc[nH]2)c1. The monoisotopic (exact) mass is 247 g/mol. The Morgan fingerprint density at radius 3 is 2.56 bits per heavy atom. The molecule has 0 aliphatic rings. The van der Waals surface area contributed by atoms with Crippen LogP contribution in [0.25, 0.3) is 11.3 Å². The normalized spacial score (nSPS) is 11.8. The maximum atomic E-state index is 12.4. The van der Waals surface area contributed by atoms with Gasteiger partial charge in [0.25, 0.3) is 0 Å². The Morgan fingerprint density at radius 2 is 2.00 bits per heavy atom. The van der Waals surface area contributed by atoms with Gasteiger partial charge in [0.05, 0.1) is 23.8 Å². The van der Waals surface area contributed by atoms with Crippen LogP contribution in [0.2, 0.25) is 5.15 Å². The molecule has 0 aromatic carbocycles. The fourth-order valence-electron chi connectivity index (χ4n) is 1.20. The van der Waals surface area contributed by atoms with Gasteiger partial charge in [-0.3, -0.25) is 0 Å². The summed E-state index contributed by atoms with van der Waals surface area (Å²) in [6, 6.07) is 0.933. The van der Waals surface area contributed by atoms with E-state index in [2.05, 4.69) is 15.0 Å². The molecule has 0 unspecified atom stereocenters. The van der Waals surface area contributed by atoms with Gasteiger partial charge in [0.15, 0.2) is 0 Å². The van der Waals surface area contributed by atoms with E-state index in [-0.39, 0.29) is 10.7 Å². The zero-order chi connectivity index (χ0) is 11.8. The Balaban J connectivity index is 2.54. The number of halogens is 4. The minimum absolute atomic E-state index is 0.00255. The van der Waals surface area contributed by atoms with E-state index in [9.17, 15) is 13.2 Å². The van der Waals surface area contributed by atoms with Gasteiger partial charge in [-0.1, -0.05) is 11.6 Å². The second kappa shape index (κ2) is 3.79. The van der Waals surface area contributed by atoms with Crippen molar-refractivity contribution in [1.29, 1.82) is 0 Å². The molecular weight excluding hydrogens is 243 g/mol. The van der Waals surface area contributed by atoms with Crippen LogP contribution in [0.3, 0.4) is 0 Å². The summed E-state index contributed by atoms with van der Waals surface area (Å²) in [6.45, 7) is 0. The fourth-order valence-corrected chi connectivity index (χ4v) is 1.40. The van der Waals surface area contributed by atoms with Crippen molar-refractivity contribution in [1.82, 2.24) is 15.0 Å². The highest BCUT2D eigenvalue weighted by Crippen LogP contribution is 2.33. The number of rotatable bonds is 1. The molecule has 16 heavy (non-hydrogen) atoms. The predicted molar refractivity (Wildman–Crippen MR) is 51.8 cm³/mol. The third kappa shape index (κ3) is 2.01. The van der Waals surface area contributed by atoms with Gasteiger partial charge in [0.1, 0.15) is 5.15 Å². The summed E-state index contributed by atoms with van der Waals surface area (Å²) in [4.78, 5) is 9.88. The standard InChI is InChI=1S/C9H5ClF3N3/c10-8-6(7-3-14-4-16-7)1-5(2-15-8)9(11,12)13/h1-4H,(H,14,16). The van der Waals surface area contributed by atoms with E-state index in [0.717, 1.165) is 6.07 Å². The molecule has 0 fully saturated rings. The first kappa shape index (κ1) is 10.9. The van der Waals surface area contributed by atoms with Crippen molar-refractivity contribution in [2.75, 3.05) is 0 Å². The van der Waals surface area contributed by atoms with E-state index >= 15 is 0 Å². The Morgan fingerprint density at radius 1 is 1.25 bits per heavy atom. The van der Waals surface area contributed by atoms with Gasteiger partial charge >= 0.3 is 6.18 Å². The molecule has 0 aliphatic carbocycles. The van der Waals surface area contributed by atoms with E-state index in [1.54, 1.807) is 0 Å². The van der Waals surface area contributed by atoms with Crippen molar-refractivity contribution in [2.24, 2.45) is 0 Å². The quantitative estimate of drug-likeness (QED) is 0.787. The van der Waals surface area contributed by atoms with Crippen LogP contribution < -0.4 is 0 Å². The van der Waals surface area contributed by atoms with Crippen LogP contribution in [0.5, 0.6) is 0 Å². The molecule has 1 N–H and O–H groups in total. The number of imidazole rings is 1. The van der Waals surface area contributed by atoms with E-state index < -0.39 is 11.7 Å². The van der Waals surface area contributed by atoms with Crippen molar-refractivity contribution < 1.29 is 13.2 Å². The van der Waals surface area contributed by atoms with Crippen LogP contribution in [-0.2, 0) is 6.18 Å². The molecule has 0 bridgehead atoms. The van der Waals surface area contributed by atoms with Crippen molar-refractivity contribution in [3.05, 3.63) is 35.5 Å². The molecule has 0 saturated heterocycles. The van der Waals surface area contributed by atoms with Gasteiger partial charge in [-0.25, -0.2) is 9.97 Å². The van der Waals surface area contributed by atoms with Crippen LogP contribution in [-0.4, -0.2) is 15.0 Å². The highest BCUT2D eigenvalue weighted by molar-refractivity contribution is 6.32. The molecule has 2 aromatic rings. The maximum Gasteiger partial charge on any atom is 0.417 e. The first-order chi connectivity index (χ1) is 7.48. The van der Waals surface area contributed by atoms with Crippen molar-refractivity contribution in [2.45, 2.75) is 6.18 Å². The zero-order valence-electron chi connectivity index (χ0n) is 7.72. The molecule has 0 radical (unpaired) electrons. The number of aromatic nitrogens is 3. The third-order valence-electron chi connectivity index (χ3n) is 1.95. The maximum absolute atomic E-state index is 12.4. The van der Waals surface area contributed by atoms with Crippen LogP contribution in [0.15, 0.2) is 24.8 Å². The highest BCUT2D eigenvalue weighted by Gasteiger charge is 2.31. The molecule has 0 saturated carbocycles. The third-order valence-corrected chi connectivity index (χ3v) is 2.26. The zero-order valence-corrected chi connectivity index (χ0v) is 8.47. The number of aromatic amines is 1. The van der Waals surface area contributed by atoms with E-state index in [1.165, 1.54) is 12.5 Å². The topological polar surface area (TPSA) is 41.6 Å². The van der Waals surface area contributed by atoms with Gasteiger partial charge in [0.2, 0.25) is 0 Å². The smallest absolute Gasteiger partial charge is 0.345 e. The first-order valence-electron chi connectivity index (χ1n) is 4.20. The minimum Gasteiger partial charge on any atom is -0.345 e. The van der Waals surface area contributed by atoms with Crippen LogP contribution >= 0.6 is 11.6 Å². The Bertz CT molecular complexity index is 493. The lowest BCUT2D eigenvalue weighted by atomic mass is 10.1. The van der Waals surface area contributed by atoms with Crippen molar-refractivity contribution >= 4 is 11.6 Å². The lowest BCUT2D eigenvalue weighted by molar-refractivity contribution is -0.137. The lowest BCUT2D eigenvalue weighted by Crippen LogP contribution is -2.05. The summed E-state index contributed by atoms with van der Waals surface area (Å²) in [5.41, 5.74) is -0.279. The number of hydrogen-bond acceptors (Lipinski definition) is 2. The second-order valence-corrected chi connectivity index (χ2v) is 3.38. The Kier molecular flexibility index (Phi) is 2.59. The lowest BCUT2D eigenvalue weighted by Gasteiger charge is -2.08. The second-order valence-electron chi connectivity index (χ2n) is 3.03. The fraction of sp³-hybridized carbons (Fsp3) is 0.111.